The Kier molecular flexibility index (Phi) is 2.54. The lowest BCUT2D eigenvalue weighted by atomic mass is 10.3. The summed E-state index contributed by atoms with van der Waals surface area (Å²) in [5.74, 6) is 1.67. The number of nitrogens with one attached hydrogen (secondary N) is 1. The van der Waals surface area contributed by atoms with E-state index in [1.54, 1.807) is 7.05 Å². The second-order valence-corrected chi connectivity index (χ2v) is 3.37. The molecule has 2 aliphatic rings. The minimum atomic E-state index is 0.143. The van der Waals surface area contributed by atoms with Gasteiger partial charge in [-0.3, -0.25) is 4.99 Å². The average Bonchev–Trinajstić information content (AvgIpc) is 2.70. The first-order valence-corrected chi connectivity index (χ1v) is 4.82. The highest BCUT2D eigenvalue weighted by Crippen LogP contribution is 2.21. The van der Waals surface area contributed by atoms with Crippen molar-refractivity contribution < 1.29 is 4.74 Å². The van der Waals surface area contributed by atoms with Gasteiger partial charge in [-0.2, -0.15) is 0 Å². The number of aliphatic imine (C=N–C) groups is 1. The lowest BCUT2D eigenvalue weighted by molar-refractivity contribution is 0.0226. The van der Waals surface area contributed by atoms with Gasteiger partial charge >= 0.3 is 0 Å². The molecule has 0 radical (unpaired) electrons. The Bertz CT molecular complexity index is 290. The normalized spacial score (nSPS) is 29.8. The van der Waals surface area contributed by atoms with Gasteiger partial charge in [-0.1, -0.05) is 6.58 Å². The molecule has 1 unspecified atom stereocenters. The quantitative estimate of drug-likeness (QED) is 0.676. The van der Waals surface area contributed by atoms with Crippen molar-refractivity contribution in [3.05, 3.63) is 24.7 Å². The Labute approximate surface area is 84.0 Å². The second kappa shape index (κ2) is 3.84. The molecule has 0 aromatic heterocycles. The molecule has 0 bridgehead atoms. The fraction of sp³-hybridized carbons (Fsp3) is 0.500. The Balaban J connectivity index is 2.10. The van der Waals surface area contributed by atoms with Gasteiger partial charge in [0.2, 0.25) is 0 Å². The van der Waals surface area contributed by atoms with Crippen LogP contribution in [0.5, 0.6) is 0 Å². The lowest BCUT2D eigenvalue weighted by Crippen LogP contribution is -2.40. The summed E-state index contributed by atoms with van der Waals surface area (Å²) in [6, 6.07) is 0. The Morgan fingerprint density at radius 1 is 1.71 bits per heavy atom. The van der Waals surface area contributed by atoms with E-state index in [-0.39, 0.29) is 6.23 Å². The number of ether oxygens (including phenoxy) is 1. The largest absolute Gasteiger partial charge is 0.358 e. The van der Waals surface area contributed by atoms with E-state index in [9.17, 15) is 0 Å². The summed E-state index contributed by atoms with van der Waals surface area (Å²) in [4.78, 5) is 6.06. The van der Waals surface area contributed by atoms with E-state index in [2.05, 4.69) is 16.9 Å². The molecule has 2 heterocycles. The summed E-state index contributed by atoms with van der Waals surface area (Å²) < 4.78 is 5.57. The molecule has 76 valence electrons. The van der Waals surface area contributed by atoms with Crippen LogP contribution in [-0.4, -0.2) is 30.6 Å². The fourth-order valence-corrected chi connectivity index (χ4v) is 1.68. The first-order valence-electron chi connectivity index (χ1n) is 4.82. The van der Waals surface area contributed by atoms with Crippen LogP contribution in [0, 0.1) is 0 Å². The van der Waals surface area contributed by atoms with Crippen molar-refractivity contribution in [3.63, 3.8) is 0 Å². The monoisotopic (exact) mass is 193 g/mol. The van der Waals surface area contributed by atoms with Gasteiger partial charge < -0.3 is 15.0 Å². The Morgan fingerprint density at radius 3 is 3.14 bits per heavy atom. The van der Waals surface area contributed by atoms with Gasteiger partial charge in [0.05, 0.1) is 0 Å². The van der Waals surface area contributed by atoms with Crippen LogP contribution in [0.2, 0.25) is 0 Å². The van der Waals surface area contributed by atoms with Crippen LogP contribution in [0.1, 0.15) is 12.8 Å². The van der Waals surface area contributed by atoms with Crippen LogP contribution in [0.4, 0.5) is 0 Å². The van der Waals surface area contributed by atoms with Crippen LogP contribution < -0.4 is 5.32 Å². The van der Waals surface area contributed by atoms with Gasteiger partial charge in [0.1, 0.15) is 17.9 Å². The smallest absolute Gasteiger partial charge is 0.135 e. The number of hydrogen-bond donors (Lipinski definition) is 1. The van der Waals surface area contributed by atoms with Crippen molar-refractivity contribution in [1.82, 2.24) is 10.2 Å². The van der Waals surface area contributed by atoms with E-state index in [0.717, 1.165) is 31.1 Å². The predicted octanol–water partition coefficient (Wildman–Crippen LogP) is 1.04. The molecule has 0 saturated carbocycles. The van der Waals surface area contributed by atoms with Crippen molar-refractivity contribution in [2.45, 2.75) is 19.1 Å². The van der Waals surface area contributed by atoms with Crippen LogP contribution >= 0.6 is 0 Å². The molecule has 0 aliphatic carbocycles. The van der Waals surface area contributed by atoms with Gasteiger partial charge in [-0.15, -0.1) is 0 Å². The van der Waals surface area contributed by atoms with Crippen LogP contribution in [0.25, 0.3) is 0 Å². The zero-order chi connectivity index (χ0) is 9.97. The summed E-state index contributed by atoms with van der Waals surface area (Å²) in [6.45, 7) is 4.79. The van der Waals surface area contributed by atoms with Crippen molar-refractivity contribution in [2.24, 2.45) is 4.99 Å². The van der Waals surface area contributed by atoms with Gasteiger partial charge in [-0.25, -0.2) is 0 Å². The van der Waals surface area contributed by atoms with Crippen LogP contribution in [0.15, 0.2) is 29.7 Å². The number of nitrogens with zero attached hydrogens (tertiary/aromatic N) is 2. The number of amidine groups is 1. The molecule has 1 fully saturated rings. The molecule has 2 rings (SSSR count). The molecule has 0 aromatic rings. The van der Waals surface area contributed by atoms with Crippen molar-refractivity contribution >= 4 is 5.84 Å². The van der Waals surface area contributed by atoms with E-state index in [1.807, 2.05) is 17.2 Å². The van der Waals surface area contributed by atoms with Gasteiger partial charge in [0.15, 0.2) is 0 Å². The summed E-state index contributed by atoms with van der Waals surface area (Å²) in [7, 11) is 1.75. The molecule has 1 N–H and O–H groups in total. The predicted molar refractivity (Wildman–Crippen MR) is 55.6 cm³/mol. The molecule has 0 amide bonds. The van der Waals surface area contributed by atoms with Gasteiger partial charge in [0, 0.05) is 19.9 Å². The maximum absolute atomic E-state index is 5.57. The molecule has 14 heavy (non-hydrogen) atoms. The average molecular weight is 193 g/mol. The lowest BCUT2D eigenvalue weighted by Gasteiger charge is -2.31. The third-order valence-corrected chi connectivity index (χ3v) is 2.43. The molecule has 2 aliphatic heterocycles. The van der Waals surface area contributed by atoms with Crippen LogP contribution in [-0.2, 0) is 4.74 Å². The maximum atomic E-state index is 5.57. The third kappa shape index (κ3) is 1.65. The van der Waals surface area contributed by atoms with Crippen molar-refractivity contribution in [3.8, 4) is 0 Å². The highest BCUT2D eigenvalue weighted by atomic mass is 16.5. The fourth-order valence-electron chi connectivity index (χ4n) is 1.68. The second-order valence-electron chi connectivity index (χ2n) is 3.37. The first kappa shape index (κ1) is 9.27. The molecule has 4 heteroatoms. The summed E-state index contributed by atoms with van der Waals surface area (Å²) in [5, 5.41) is 3.11. The van der Waals surface area contributed by atoms with Gasteiger partial charge in [0.25, 0.3) is 0 Å². The van der Waals surface area contributed by atoms with Crippen molar-refractivity contribution in [2.75, 3.05) is 13.7 Å². The Hall–Kier alpha value is -1.29. The molecule has 1 atom stereocenters. The molecule has 0 aromatic carbocycles. The molecule has 1 saturated heterocycles. The third-order valence-electron chi connectivity index (χ3n) is 2.43. The molecule has 4 nitrogen and oxygen atoms in total. The molecular weight excluding hydrogens is 178 g/mol. The minimum Gasteiger partial charge on any atom is -0.358 e. The minimum absolute atomic E-state index is 0.143. The SMILES string of the molecule is C=C1NC(=NC)C=CN1C1CCCO1. The highest BCUT2D eigenvalue weighted by Gasteiger charge is 2.24. The van der Waals surface area contributed by atoms with Gasteiger partial charge in [-0.05, 0) is 18.9 Å². The van der Waals surface area contributed by atoms with E-state index >= 15 is 0 Å². The van der Waals surface area contributed by atoms with E-state index in [4.69, 9.17) is 4.74 Å². The molecule has 0 spiro atoms. The van der Waals surface area contributed by atoms with E-state index in [0.29, 0.717) is 0 Å². The molecular formula is C10H15N3O. The summed E-state index contributed by atoms with van der Waals surface area (Å²) >= 11 is 0. The standard InChI is InChI=1S/C10H15N3O/c1-8-12-9(11-2)5-6-13(8)10-4-3-7-14-10/h5-6,10H,1,3-4,7H2,2H3,(H,11,12). The van der Waals surface area contributed by atoms with E-state index < -0.39 is 0 Å². The van der Waals surface area contributed by atoms with Crippen molar-refractivity contribution in [1.29, 1.82) is 0 Å². The topological polar surface area (TPSA) is 36.9 Å². The van der Waals surface area contributed by atoms with Crippen LogP contribution in [0.3, 0.4) is 0 Å². The maximum Gasteiger partial charge on any atom is 0.135 e. The summed E-state index contributed by atoms with van der Waals surface area (Å²) in [6.07, 6.45) is 6.22. The zero-order valence-electron chi connectivity index (χ0n) is 8.36. The summed E-state index contributed by atoms with van der Waals surface area (Å²) in [5.41, 5.74) is 0. The highest BCUT2D eigenvalue weighted by molar-refractivity contribution is 5.94. The first-order chi connectivity index (χ1) is 6.81. The zero-order valence-corrected chi connectivity index (χ0v) is 8.36. The number of hydrogen-bond acceptors (Lipinski definition) is 3. The van der Waals surface area contributed by atoms with E-state index in [1.165, 1.54) is 0 Å². The number of rotatable bonds is 1. The Morgan fingerprint density at radius 2 is 2.57 bits per heavy atom.